The lowest BCUT2D eigenvalue weighted by atomic mass is 10.2. The van der Waals surface area contributed by atoms with Gasteiger partial charge in [-0.15, -0.1) is 0 Å². The van der Waals surface area contributed by atoms with Gasteiger partial charge in [-0.2, -0.15) is 0 Å². The molecule has 1 amide bonds. The number of carbonyl (C=O) groups is 1. The van der Waals surface area contributed by atoms with Gasteiger partial charge in [0.25, 0.3) is 5.91 Å². The van der Waals surface area contributed by atoms with Gasteiger partial charge in [-0.1, -0.05) is 22.0 Å². The molecular weight excluding hydrogens is 270 g/mol. The second-order valence-electron chi connectivity index (χ2n) is 3.95. The van der Waals surface area contributed by atoms with Crippen molar-refractivity contribution in [1.82, 2.24) is 0 Å². The Hall–Kier alpha value is -0.870. The van der Waals surface area contributed by atoms with Crippen LogP contribution in [-0.4, -0.2) is 18.6 Å². The highest BCUT2D eigenvalue weighted by Crippen LogP contribution is 2.22. The highest BCUT2D eigenvalue weighted by molar-refractivity contribution is 9.10. The van der Waals surface area contributed by atoms with Gasteiger partial charge in [-0.05, 0) is 37.5 Å². The lowest BCUT2D eigenvalue weighted by Gasteiger charge is -2.12. The third kappa shape index (κ3) is 2.62. The van der Waals surface area contributed by atoms with E-state index in [1.807, 2.05) is 25.1 Å². The molecule has 16 heavy (non-hydrogen) atoms. The van der Waals surface area contributed by atoms with Gasteiger partial charge in [0, 0.05) is 16.8 Å². The molecule has 1 fully saturated rings. The summed E-state index contributed by atoms with van der Waals surface area (Å²) < 4.78 is 6.29. The van der Waals surface area contributed by atoms with Gasteiger partial charge in [-0.3, -0.25) is 4.79 Å². The minimum absolute atomic E-state index is 0.0429. The molecule has 0 aromatic heterocycles. The van der Waals surface area contributed by atoms with E-state index in [0.29, 0.717) is 6.61 Å². The fourth-order valence-corrected chi connectivity index (χ4v) is 2.09. The van der Waals surface area contributed by atoms with Crippen molar-refractivity contribution >= 4 is 27.5 Å². The summed E-state index contributed by atoms with van der Waals surface area (Å²) in [6.45, 7) is 2.66. The molecule has 1 aliphatic rings. The predicted molar refractivity (Wildman–Crippen MR) is 66.5 cm³/mol. The van der Waals surface area contributed by atoms with Crippen LogP contribution in [0.5, 0.6) is 0 Å². The van der Waals surface area contributed by atoms with Gasteiger partial charge in [0.2, 0.25) is 0 Å². The molecule has 1 saturated heterocycles. The number of benzene rings is 1. The van der Waals surface area contributed by atoms with Crippen LogP contribution in [0, 0.1) is 6.92 Å². The van der Waals surface area contributed by atoms with Crippen LogP contribution in [0.3, 0.4) is 0 Å². The van der Waals surface area contributed by atoms with E-state index in [2.05, 4.69) is 21.2 Å². The molecule has 4 heteroatoms. The van der Waals surface area contributed by atoms with Crippen molar-refractivity contribution in [1.29, 1.82) is 0 Å². The summed E-state index contributed by atoms with van der Waals surface area (Å²) in [5.41, 5.74) is 1.89. The lowest BCUT2D eigenvalue weighted by Crippen LogP contribution is -2.27. The van der Waals surface area contributed by atoms with Crippen LogP contribution in [0.25, 0.3) is 0 Å². The number of anilines is 1. The summed E-state index contributed by atoms with van der Waals surface area (Å²) in [6.07, 6.45) is 1.51. The maximum atomic E-state index is 11.8. The molecule has 3 nitrogen and oxygen atoms in total. The van der Waals surface area contributed by atoms with Crippen molar-refractivity contribution in [2.24, 2.45) is 0 Å². The van der Waals surface area contributed by atoms with Crippen LogP contribution in [0.2, 0.25) is 0 Å². The summed E-state index contributed by atoms with van der Waals surface area (Å²) >= 11 is 3.39. The number of nitrogens with one attached hydrogen (secondary N) is 1. The van der Waals surface area contributed by atoms with Crippen LogP contribution >= 0.6 is 15.9 Å². The lowest BCUT2D eigenvalue weighted by molar-refractivity contribution is -0.124. The monoisotopic (exact) mass is 283 g/mol. The van der Waals surface area contributed by atoms with Crippen LogP contribution < -0.4 is 5.32 Å². The molecule has 1 aromatic rings. The van der Waals surface area contributed by atoms with E-state index in [1.165, 1.54) is 0 Å². The molecule has 0 aliphatic carbocycles. The zero-order valence-electron chi connectivity index (χ0n) is 9.13. The average Bonchev–Trinajstić information content (AvgIpc) is 2.76. The van der Waals surface area contributed by atoms with Crippen molar-refractivity contribution in [2.45, 2.75) is 25.9 Å². The van der Waals surface area contributed by atoms with Gasteiger partial charge in [0.1, 0.15) is 6.10 Å². The van der Waals surface area contributed by atoms with E-state index in [4.69, 9.17) is 4.74 Å². The van der Waals surface area contributed by atoms with Gasteiger partial charge in [0.15, 0.2) is 0 Å². The van der Waals surface area contributed by atoms with E-state index in [1.54, 1.807) is 0 Å². The third-order valence-corrected chi connectivity index (χ3v) is 3.17. The summed E-state index contributed by atoms with van der Waals surface area (Å²) in [7, 11) is 0. The second-order valence-corrected chi connectivity index (χ2v) is 4.87. The number of carbonyl (C=O) groups excluding carboxylic acids is 1. The Labute approximate surface area is 103 Å². The number of amides is 1. The molecule has 0 saturated carbocycles. The van der Waals surface area contributed by atoms with Crippen LogP contribution in [0.15, 0.2) is 22.7 Å². The molecule has 1 N–H and O–H groups in total. The molecule has 0 spiro atoms. The number of halogens is 1. The van der Waals surface area contributed by atoms with Crippen molar-refractivity contribution < 1.29 is 9.53 Å². The fourth-order valence-electron chi connectivity index (χ4n) is 1.73. The molecule has 86 valence electrons. The molecule has 1 aromatic carbocycles. The maximum absolute atomic E-state index is 11.8. The maximum Gasteiger partial charge on any atom is 0.253 e. The second kappa shape index (κ2) is 4.97. The van der Waals surface area contributed by atoms with Crippen molar-refractivity contribution in [3.05, 3.63) is 28.2 Å². The van der Waals surface area contributed by atoms with E-state index < -0.39 is 0 Å². The highest BCUT2D eigenvalue weighted by Gasteiger charge is 2.23. The molecular formula is C12H14BrNO2. The molecule has 0 bridgehead atoms. The smallest absolute Gasteiger partial charge is 0.253 e. The normalized spacial score (nSPS) is 19.8. The fraction of sp³-hybridized carbons (Fsp3) is 0.417. The number of rotatable bonds is 2. The minimum Gasteiger partial charge on any atom is -0.368 e. The predicted octanol–water partition coefficient (Wildman–Crippen LogP) is 2.88. The van der Waals surface area contributed by atoms with E-state index >= 15 is 0 Å². The van der Waals surface area contributed by atoms with Gasteiger partial charge < -0.3 is 10.1 Å². The van der Waals surface area contributed by atoms with Crippen molar-refractivity contribution in [3.63, 3.8) is 0 Å². The molecule has 0 unspecified atom stereocenters. The quantitative estimate of drug-likeness (QED) is 0.906. The Morgan fingerprint density at radius 3 is 3.06 bits per heavy atom. The third-order valence-electron chi connectivity index (χ3n) is 2.68. The Morgan fingerprint density at radius 2 is 2.38 bits per heavy atom. The summed E-state index contributed by atoms with van der Waals surface area (Å²) in [5, 5.41) is 2.90. The summed E-state index contributed by atoms with van der Waals surface area (Å²) in [6, 6.07) is 5.83. The number of hydrogen-bond donors (Lipinski definition) is 1. The standard InChI is InChI=1S/C12H14BrNO2/c1-8-4-5-9(13)7-10(8)14-12(15)11-3-2-6-16-11/h4-5,7,11H,2-3,6H2,1H3,(H,14,15)/t11-/m1/s1. The molecule has 0 radical (unpaired) electrons. The van der Waals surface area contributed by atoms with Crippen LogP contribution in [0.1, 0.15) is 18.4 Å². The Bertz CT molecular complexity index is 400. The first kappa shape index (κ1) is 11.6. The first-order valence-electron chi connectivity index (χ1n) is 5.35. The SMILES string of the molecule is Cc1ccc(Br)cc1NC(=O)[C@H]1CCCO1. The van der Waals surface area contributed by atoms with Crippen molar-refractivity contribution in [2.75, 3.05) is 11.9 Å². The molecule has 1 aliphatic heterocycles. The Kier molecular flexibility index (Phi) is 3.61. The first-order valence-corrected chi connectivity index (χ1v) is 6.15. The number of ether oxygens (including phenoxy) is 1. The molecule has 2 rings (SSSR count). The topological polar surface area (TPSA) is 38.3 Å². The van der Waals surface area contributed by atoms with Crippen LogP contribution in [0.4, 0.5) is 5.69 Å². The number of hydrogen-bond acceptors (Lipinski definition) is 2. The Morgan fingerprint density at radius 1 is 1.56 bits per heavy atom. The van der Waals surface area contributed by atoms with Crippen molar-refractivity contribution in [3.8, 4) is 0 Å². The Balaban J connectivity index is 2.07. The van der Waals surface area contributed by atoms with Gasteiger partial charge >= 0.3 is 0 Å². The molecule has 1 atom stereocenters. The van der Waals surface area contributed by atoms with Gasteiger partial charge in [-0.25, -0.2) is 0 Å². The van der Waals surface area contributed by atoms with E-state index in [-0.39, 0.29) is 12.0 Å². The van der Waals surface area contributed by atoms with Gasteiger partial charge in [0.05, 0.1) is 0 Å². The number of aryl methyl sites for hydroxylation is 1. The van der Waals surface area contributed by atoms with E-state index in [0.717, 1.165) is 28.6 Å². The molecule has 1 heterocycles. The largest absolute Gasteiger partial charge is 0.368 e. The average molecular weight is 284 g/mol. The summed E-state index contributed by atoms with van der Waals surface area (Å²) in [5.74, 6) is -0.0429. The highest BCUT2D eigenvalue weighted by atomic mass is 79.9. The van der Waals surface area contributed by atoms with Crippen LogP contribution in [-0.2, 0) is 9.53 Å². The minimum atomic E-state index is -0.279. The zero-order chi connectivity index (χ0) is 11.5. The zero-order valence-corrected chi connectivity index (χ0v) is 10.7. The first-order chi connectivity index (χ1) is 7.66. The summed E-state index contributed by atoms with van der Waals surface area (Å²) in [4.78, 5) is 11.8. The van der Waals surface area contributed by atoms with E-state index in [9.17, 15) is 4.79 Å².